The fraction of sp³-hybridized carbons (Fsp3) is 0.188. The molecule has 5 nitrogen and oxygen atoms in total. The van der Waals surface area contributed by atoms with Crippen LogP contribution < -0.4 is 4.74 Å². The Balaban J connectivity index is 2.41. The number of Topliss-reactive ketones (excluding diaryl/α,β-unsaturated/α-hetero) is 1. The van der Waals surface area contributed by atoms with Crippen LogP contribution >= 0.6 is 11.6 Å². The Morgan fingerprint density at radius 2 is 2.09 bits per heavy atom. The van der Waals surface area contributed by atoms with Gasteiger partial charge in [0.2, 0.25) is 5.88 Å². The summed E-state index contributed by atoms with van der Waals surface area (Å²) in [5.74, 6) is -0.411. The molecule has 7 heteroatoms. The quantitative estimate of drug-likeness (QED) is 0.686. The number of fused-ring (bicyclic) bond motifs is 1. The molecule has 0 aliphatic carbocycles. The highest BCUT2D eigenvalue weighted by Gasteiger charge is 2.23. The molecule has 0 unspecified atom stereocenters. The number of hydrogen-bond donors (Lipinski definition) is 0. The van der Waals surface area contributed by atoms with E-state index in [-0.39, 0.29) is 22.2 Å². The standard InChI is InChI=1S/C16H13ClFN3O2/c1-8-13(14-11(17)5-4-6-12(14)18)15-19-7-10(9(2)22)16(23-3)21(15)20-8/h4-7H,1-3H3. The lowest BCUT2D eigenvalue weighted by molar-refractivity contribution is 0.101. The SMILES string of the molecule is COc1c(C(C)=O)cnc2c(-c3c(F)cccc3Cl)c(C)nn12. The number of hydrogen-bond acceptors (Lipinski definition) is 4. The number of nitrogens with zero attached hydrogens (tertiary/aromatic N) is 3. The molecule has 0 amide bonds. The number of rotatable bonds is 3. The van der Waals surface area contributed by atoms with E-state index in [0.29, 0.717) is 22.5 Å². The van der Waals surface area contributed by atoms with Crippen molar-refractivity contribution in [3.05, 3.63) is 46.5 Å². The van der Waals surface area contributed by atoms with Crippen LogP contribution in [0.5, 0.6) is 5.88 Å². The van der Waals surface area contributed by atoms with E-state index < -0.39 is 5.82 Å². The van der Waals surface area contributed by atoms with Gasteiger partial charge >= 0.3 is 0 Å². The lowest BCUT2D eigenvalue weighted by atomic mass is 10.1. The van der Waals surface area contributed by atoms with Gasteiger partial charge in [-0.2, -0.15) is 9.61 Å². The number of methoxy groups -OCH3 is 1. The Kier molecular flexibility index (Phi) is 3.77. The van der Waals surface area contributed by atoms with Crippen LogP contribution in [0.3, 0.4) is 0 Å². The van der Waals surface area contributed by atoms with E-state index in [1.165, 1.54) is 36.9 Å². The first-order valence-corrected chi connectivity index (χ1v) is 7.21. The van der Waals surface area contributed by atoms with Gasteiger partial charge in [0.1, 0.15) is 5.82 Å². The van der Waals surface area contributed by atoms with E-state index in [2.05, 4.69) is 10.1 Å². The van der Waals surface area contributed by atoms with Gasteiger partial charge in [-0.05, 0) is 26.0 Å². The fourth-order valence-corrected chi connectivity index (χ4v) is 2.80. The number of carbonyl (C=O) groups excluding carboxylic acids is 1. The predicted octanol–water partition coefficient (Wildman–Crippen LogP) is 3.71. The molecule has 2 aromatic heterocycles. The van der Waals surface area contributed by atoms with E-state index in [9.17, 15) is 9.18 Å². The summed E-state index contributed by atoms with van der Waals surface area (Å²) < 4.78 is 21.0. The van der Waals surface area contributed by atoms with Crippen LogP contribution in [0.2, 0.25) is 5.02 Å². The molecule has 2 heterocycles. The van der Waals surface area contributed by atoms with Gasteiger partial charge in [-0.25, -0.2) is 9.37 Å². The van der Waals surface area contributed by atoms with Crippen molar-refractivity contribution in [2.45, 2.75) is 13.8 Å². The lowest BCUT2D eigenvalue weighted by Gasteiger charge is -2.08. The highest BCUT2D eigenvalue weighted by atomic mass is 35.5. The Morgan fingerprint density at radius 3 is 2.70 bits per heavy atom. The number of aromatic nitrogens is 3. The van der Waals surface area contributed by atoms with Crippen molar-refractivity contribution in [2.24, 2.45) is 0 Å². The molecule has 0 bridgehead atoms. The van der Waals surface area contributed by atoms with E-state index >= 15 is 0 Å². The molecule has 0 saturated carbocycles. The second kappa shape index (κ2) is 5.62. The zero-order valence-corrected chi connectivity index (χ0v) is 13.5. The van der Waals surface area contributed by atoms with Crippen molar-refractivity contribution < 1.29 is 13.9 Å². The number of ketones is 1. The summed E-state index contributed by atoms with van der Waals surface area (Å²) in [6.45, 7) is 3.13. The molecule has 0 spiro atoms. The minimum absolute atomic E-state index is 0.199. The van der Waals surface area contributed by atoms with Crippen molar-refractivity contribution in [1.82, 2.24) is 14.6 Å². The summed E-state index contributed by atoms with van der Waals surface area (Å²) >= 11 is 6.16. The van der Waals surface area contributed by atoms with Crippen molar-refractivity contribution in [2.75, 3.05) is 7.11 Å². The van der Waals surface area contributed by atoms with Crippen molar-refractivity contribution in [1.29, 1.82) is 0 Å². The monoisotopic (exact) mass is 333 g/mol. The van der Waals surface area contributed by atoms with Crippen molar-refractivity contribution >= 4 is 23.0 Å². The Hall–Kier alpha value is -2.47. The molecule has 0 atom stereocenters. The molecule has 0 fully saturated rings. The summed E-state index contributed by atoms with van der Waals surface area (Å²) in [4.78, 5) is 16.0. The summed E-state index contributed by atoms with van der Waals surface area (Å²) in [5.41, 5.74) is 1.90. The highest BCUT2D eigenvalue weighted by Crippen LogP contribution is 2.36. The fourth-order valence-electron chi connectivity index (χ4n) is 2.54. The third-order valence-corrected chi connectivity index (χ3v) is 3.88. The van der Waals surface area contributed by atoms with Crippen LogP contribution in [0.15, 0.2) is 24.4 Å². The molecular formula is C16H13ClFN3O2. The third kappa shape index (κ3) is 2.35. The van der Waals surface area contributed by atoms with Crippen molar-refractivity contribution in [3.8, 4) is 17.0 Å². The highest BCUT2D eigenvalue weighted by molar-refractivity contribution is 6.33. The molecule has 0 aliphatic heterocycles. The van der Waals surface area contributed by atoms with Crippen molar-refractivity contribution in [3.63, 3.8) is 0 Å². The van der Waals surface area contributed by atoms with Crippen LogP contribution in [-0.4, -0.2) is 27.5 Å². The van der Waals surface area contributed by atoms with Gasteiger partial charge in [0.25, 0.3) is 0 Å². The largest absolute Gasteiger partial charge is 0.480 e. The number of benzene rings is 1. The molecule has 23 heavy (non-hydrogen) atoms. The van der Waals surface area contributed by atoms with E-state index in [1.54, 1.807) is 13.0 Å². The molecule has 1 aromatic carbocycles. The van der Waals surface area contributed by atoms with Gasteiger partial charge < -0.3 is 4.74 Å². The Morgan fingerprint density at radius 1 is 1.35 bits per heavy atom. The first-order chi connectivity index (χ1) is 11.0. The van der Waals surface area contributed by atoms with Gasteiger partial charge in [0.15, 0.2) is 11.4 Å². The smallest absolute Gasteiger partial charge is 0.228 e. The zero-order valence-electron chi connectivity index (χ0n) is 12.7. The van der Waals surface area contributed by atoms with Gasteiger partial charge in [-0.3, -0.25) is 4.79 Å². The molecule has 3 rings (SSSR count). The number of aryl methyl sites for hydroxylation is 1. The maximum atomic E-state index is 14.3. The van der Waals surface area contributed by atoms with Crippen LogP contribution in [0, 0.1) is 12.7 Å². The van der Waals surface area contributed by atoms with Crippen LogP contribution in [0.1, 0.15) is 23.0 Å². The lowest BCUT2D eigenvalue weighted by Crippen LogP contribution is -2.05. The first kappa shape index (κ1) is 15.4. The van der Waals surface area contributed by atoms with Gasteiger partial charge in [-0.1, -0.05) is 17.7 Å². The minimum atomic E-state index is -0.466. The summed E-state index contributed by atoms with van der Waals surface area (Å²) in [5, 5.41) is 4.60. The third-order valence-electron chi connectivity index (χ3n) is 3.56. The van der Waals surface area contributed by atoms with E-state index in [1.807, 2.05) is 0 Å². The average molecular weight is 334 g/mol. The van der Waals surface area contributed by atoms with Gasteiger partial charge in [0, 0.05) is 11.8 Å². The van der Waals surface area contributed by atoms with E-state index in [0.717, 1.165) is 0 Å². The number of carbonyl (C=O) groups is 1. The number of halogens is 2. The van der Waals surface area contributed by atoms with Gasteiger partial charge in [-0.15, -0.1) is 0 Å². The molecule has 0 aliphatic rings. The predicted molar refractivity (Wildman–Crippen MR) is 84.7 cm³/mol. The summed E-state index contributed by atoms with van der Waals surface area (Å²) in [7, 11) is 1.44. The normalized spacial score (nSPS) is 11.0. The summed E-state index contributed by atoms with van der Waals surface area (Å²) in [6.07, 6.45) is 1.40. The Bertz CT molecular complexity index is 916. The molecular weight excluding hydrogens is 321 g/mol. The maximum absolute atomic E-state index is 14.3. The van der Waals surface area contributed by atoms with Gasteiger partial charge in [0.05, 0.1) is 29.0 Å². The van der Waals surface area contributed by atoms with E-state index in [4.69, 9.17) is 16.3 Å². The van der Waals surface area contributed by atoms with Crippen LogP contribution in [0.25, 0.3) is 16.8 Å². The molecule has 0 saturated heterocycles. The van der Waals surface area contributed by atoms with Crippen LogP contribution in [-0.2, 0) is 0 Å². The molecule has 3 aromatic rings. The summed E-state index contributed by atoms with van der Waals surface area (Å²) in [6, 6.07) is 4.46. The molecule has 0 radical (unpaired) electrons. The minimum Gasteiger partial charge on any atom is -0.480 e. The number of ether oxygens (including phenoxy) is 1. The molecule has 0 N–H and O–H groups in total. The maximum Gasteiger partial charge on any atom is 0.228 e. The average Bonchev–Trinajstić information content (AvgIpc) is 2.82. The van der Waals surface area contributed by atoms with Crippen LogP contribution in [0.4, 0.5) is 4.39 Å². The second-order valence-electron chi connectivity index (χ2n) is 5.03. The second-order valence-corrected chi connectivity index (χ2v) is 5.44. The topological polar surface area (TPSA) is 56.5 Å². The first-order valence-electron chi connectivity index (χ1n) is 6.83. The molecule has 118 valence electrons. The Labute approximate surface area is 136 Å². The zero-order chi connectivity index (χ0) is 16.7.